The molecule has 2 aliphatic rings. The van der Waals surface area contributed by atoms with Gasteiger partial charge in [0.2, 0.25) is 11.8 Å². The van der Waals surface area contributed by atoms with E-state index in [1.807, 2.05) is 0 Å². The number of carbonyl (C=O) groups is 3. The molecule has 2 aromatic carbocycles. The first-order valence-corrected chi connectivity index (χ1v) is 9.44. The van der Waals surface area contributed by atoms with Crippen LogP contribution in [-0.4, -0.2) is 30.0 Å². The monoisotopic (exact) mass is 444 g/mol. The first-order valence-electron chi connectivity index (χ1n) is 8.65. The normalized spacial score (nSPS) is 28.7. The molecule has 2 heterocycles. The van der Waals surface area contributed by atoms with E-state index in [0.717, 1.165) is 4.47 Å². The number of carboxylic acid groups (broad SMARTS) is 1. The van der Waals surface area contributed by atoms with Crippen molar-refractivity contribution < 1.29 is 24.2 Å². The van der Waals surface area contributed by atoms with Gasteiger partial charge in [0.05, 0.1) is 18.9 Å². The number of nitrogens with one attached hydrogen (secondary N) is 2. The summed E-state index contributed by atoms with van der Waals surface area (Å²) in [4.78, 5) is 37.9. The highest BCUT2D eigenvalue weighted by atomic mass is 79.9. The van der Waals surface area contributed by atoms with E-state index in [9.17, 15) is 19.5 Å². The molecule has 0 radical (unpaired) electrons. The summed E-state index contributed by atoms with van der Waals surface area (Å²) < 4.78 is 6.18. The number of carbonyl (C=O) groups excluding carboxylic acids is 2. The molecule has 4 unspecified atom stereocenters. The van der Waals surface area contributed by atoms with E-state index in [0.29, 0.717) is 16.9 Å². The summed E-state index contributed by atoms with van der Waals surface area (Å²) >= 11 is 3.41. The first kappa shape index (κ1) is 18.6. The van der Waals surface area contributed by atoms with Crippen molar-refractivity contribution in [2.45, 2.75) is 11.6 Å². The molecule has 144 valence electrons. The Morgan fingerprint density at radius 3 is 2.50 bits per heavy atom. The third-order valence-corrected chi connectivity index (χ3v) is 5.99. The van der Waals surface area contributed by atoms with Crippen LogP contribution in [0.5, 0.6) is 5.75 Å². The number of halogens is 1. The fourth-order valence-corrected chi connectivity index (χ4v) is 4.71. The Hall–Kier alpha value is -2.71. The number of fused-ring (bicyclic) bond motifs is 1. The smallest absolute Gasteiger partial charge is 0.329 e. The van der Waals surface area contributed by atoms with Crippen molar-refractivity contribution >= 4 is 33.7 Å². The van der Waals surface area contributed by atoms with Crippen LogP contribution in [0.25, 0.3) is 0 Å². The van der Waals surface area contributed by atoms with Gasteiger partial charge in [-0.2, -0.15) is 0 Å². The molecule has 0 aliphatic carbocycles. The Labute approximate surface area is 169 Å². The maximum atomic E-state index is 12.7. The average molecular weight is 445 g/mol. The van der Waals surface area contributed by atoms with Gasteiger partial charge in [-0.05, 0) is 23.8 Å². The molecule has 2 aromatic rings. The molecule has 2 aliphatic heterocycles. The van der Waals surface area contributed by atoms with Crippen LogP contribution >= 0.6 is 15.9 Å². The van der Waals surface area contributed by atoms with Crippen LogP contribution in [0.2, 0.25) is 0 Å². The summed E-state index contributed by atoms with van der Waals surface area (Å²) in [5, 5.41) is 15.7. The van der Waals surface area contributed by atoms with Gasteiger partial charge in [-0.15, -0.1) is 0 Å². The van der Waals surface area contributed by atoms with Gasteiger partial charge in [0.25, 0.3) is 0 Å². The zero-order valence-corrected chi connectivity index (χ0v) is 16.4. The fourth-order valence-electron chi connectivity index (χ4n) is 4.33. The minimum absolute atomic E-state index is 0.416. The molecule has 3 N–H and O–H groups in total. The summed E-state index contributed by atoms with van der Waals surface area (Å²) in [5.41, 5.74) is -0.713. The minimum Gasteiger partial charge on any atom is -0.496 e. The number of methoxy groups -OCH3 is 1. The van der Waals surface area contributed by atoms with Gasteiger partial charge in [0, 0.05) is 16.1 Å². The van der Waals surface area contributed by atoms with Crippen LogP contribution in [0.4, 0.5) is 0 Å². The second-order valence-electron chi connectivity index (χ2n) is 6.84. The number of ether oxygens (including phenoxy) is 1. The Kier molecular flexibility index (Phi) is 4.47. The van der Waals surface area contributed by atoms with Crippen LogP contribution < -0.4 is 15.4 Å². The first-order chi connectivity index (χ1) is 13.4. The summed E-state index contributed by atoms with van der Waals surface area (Å²) in [6, 6.07) is 13.0. The quantitative estimate of drug-likeness (QED) is 0.622. The molecule has 28 heavy (non-hydrogen) atoms. The number of aliphatic carboxylic acids is 1. The van der Waals surface area contributed by atoms with Crippen molar-refractivity contribution in [1.29, 1.82) is 0 Å². The number of carboxylic acids is 1. The third-order valence-electron chi connectivity index (χ3n) is 5.49. The lowest BCUT2D eigenvalue weighted by Crippen LogP contribution is -2.52. The Bertz CT molecular complexity index is 980. The summed E-state index contributed by atoms with van der Waals surface area (Å²) in [6.07, 6.45) is 0. The van der Waals surface area contributed by atoms with Crippen LogP contribution in [0, 0.1) is 11.8 Å². The van der Waals surface area contributed by atoms with Gasteiger partial charge in [-0.1, -0.05) is 46.3 Å². The molecule has 2 fully saturated rings. The predicted molar refractivity (Wildman–Crippen MR) is 102 cm³/mol. The average Bonchev–Trinajstić information content (AvgIpc) is 3.20. The molecule has 4 atom stereocenters. The summed E-state index contributed by atoms with van der Waals surface area (Å²) in [7, 11) is 1.50. The number of benzene rings is 2. The van der Waals surface area contributed by atoms with Crippen LogP contribution in [-0.2, 0) is 19.9 Å². The molecule has 0 saturated carbocycles. The molecular weight excluding hydrogens is 428 g/mol. The van der Waals surface area contributed by atoms with Gasteiger partial charge >= 0.3 is 5.97 Å². The van der Waals surface area contributed by atoms with Crippen molar-refractivity contribution in [2.75, 3.05) is 7.11 Å². The molecule has 0 bridgehead atoms. The Morgan fingerprint density at radius 2 is 1.86 bits per heavy atom. The lowest BCUT2D eigenvalue weighted by Gasteiger charge is -2.30. The van der Waals surface area contributed by atoms with E-state index >= 15 is 0 Å². The molecule has 8 heteroatoms. The van der Waals surface area contributed by atoms with E-state index in [-0.39, 0.29) is 0 Å². The molecular formula is C20H17BrN2O5. The van der Waals surface area contributed by atoms with Gasteiger partial charge < -0.3 is 9.84 Å². The van der Waals surface area contributed by atoms with Gasteiger partial charge in [-0.3, -0.25) is 20.2 Å². The minimum atomic E-state index is -1.74. The second-order valence-corrected chi connectivity index (χ2v) is 7.76. The van der Waals surface area contributed by atoms with Gasteiger partial charge in [-0.25, -0.2) is 4.79 Å². The molecule has 2 saturated heterocycles. The van der Waals surface area contributed by atoms with E-state index in [2.05, 4.69) is 26.6 Å². The number of hydrogen-bond donors (Lipinski definition) is 3. The lowest BCUT2D eigenvalue weighted by atomic mass is 9.75. The van der Waals surface area contributed by atoms with E-state index in [1.54, 1.807) is 48.5 Å². The Morgan fingerprint density at radius 1 is 1.14 bits per heavy atom. The summed E-state index contributed by atoms with van der Waals surface area (Å²) in [5.74, 6) is -3.77. The van der Waals surface area contributed by atoms with Crippen molar-refractivity contribution in [3.05, 3.63) is 64.1 Å². The van der Waals surface area contributed by atoms with Gasteiger partial charge in [0.15, 0.2) is 5.54 Å². The van der Waals surface area contributed by atoms with Gasteiger partial charge in [0.1, 0.15) is 5.75 Å². The SMILES string of the molecule is COc1ccc(Br)cc1C1NC(C(=O)O)(c2ccccc2)C2C(=O)NC(=O)C12. The van der Waals surface area contributed by atoms with Crippen molar-refractivity contribution in [3.63, 3.8) is 0 Å². The highest BCUT2D eigenvalue weighted by Crippen LogP contribution is 2.52. The zero-order chi connectivity index (χ0) is 20.1. The molecule has 7 nitrogen and oxygen atoms in total. The number of hydrogen-bond acceptors (Lipinski definition) is 5. The van der Waals surface area contributed by atoms with Crippen molar-refractivity contribution in [1.82, 2.24) is 10.6 Å². The third kappa shape index (κ3) is 2.56. The van der Waals surface area contributed by atoms with E-state index < -0.39 is 41.2 Å². The number of amides is 2. The van der Waals surface area contributed by atoms with E-state index in [1.165, 1.54) is 7.11 Å². The van der Waals surface area contributed by atoms with Crippen molar-refractivity contribution in [2.24, 2.45) is 11.8 Å². The van der Waals surface area contributed by atoms with Crippen molar-refractivity contribution in [3.8, 4) is 5.75 Å². The Balaban J connectivity index is 1.95. The lowest BCUT2D eigenvalue weighted by molar-refractivity contribution is -0.149. The highest BCUT2D eigenvalue weighted by Gasteiger charge is 2.67. The zero-order valence-electron chi connectivity index (χ0n) is 14.8. The fraction of sp³-hybridized carbons (Fsp3) is 0.250. The number of rotatable bonds is 4. The second kappa shape index (κ2) is 6.72. The standard InChI is InChI=1S/C20H17BrN2O5/c1-28-13-8-7-11(21)9-12(13)16-14-15(18(25)22-17(14)24)20(23-16,19(26)27)10-5-3-2-4-6-10/h2-9,14-16,23H,1H3,(H,26,27)(H,22,24,25). The topological polar surface area (TPSA) is 105 Å². The molecule has 4 rings (SSSR count). The maximum Gasteiger partial charge on any atom is 0.329 e. The van der Waals surface area contributed by atoms with E-state index in [4.69, 9.17) is 4.74 Å². The molecule has 2 amide bonds. The molecule has 0 aromatic heterocycles. The largest absolute Gasteiger partial charge is 0.496 e. The molecule has 0 spiro atoms. The van der Waals surface area contributed by atoms with Crippen LogP contribution in [0.1, 0.15) is 17.2 Å². The summed E-state index contributed by atoms with van der Waals surface area (Å²) in [6.45, 7) is 0. The van der Waals surface area contributed by atoms with Crippen LogP contribution in [0.15, 0.2) is 53.0 Å². The predicted octanol–water partition coefficient (Wildman–Crippen LogP) is 1.97. The highest BCUT2D eigenvalue weighted by molar-refractivity contribution is 9.10. The van der Waals surface area contributed by atoms with Crippen LogP contribution in [0.3, 0.4) is 0 Å². The number of imide groups is 1. The maximum absolute atomic E-state index is 12.7.